The molecule has 0 amide bonds. The number of methoxy groups -OCH3 is 1. The molecule has 0 saturated carbocycles. The van der Waals surface area contributed by atoms with Crippen LogP contribution in [0.3, 0.4) is 0 Å². The molecule has 0 aliphatic carbocycles. The van der Waals surface area contributed by atoms with Crippen molar-refractivity contribution >= 4 is 28.6 Å². The van der Waals surface area contributed by atoms with Crippen molar-refractivity contribution in [2.24, 2.45) is 5.41 Å². The standard InChI is InChI=1S/C38H43N3O4S/c1-7-38(8-2,36(42)43)31(21-25-12-14-26(15-13-25)27-16-19-33(44-6)40-23-27)34-35(46-37(3,4)5)30-22-29(17-18-32(30)41-34)45-24-28-11-9-10-20-39-28/h9-20,22-23,31,41H,7-8,21,24H2,1-6H3,(H,42,43). The first-order valence-corrected chi connectivity index (χ1v) is 16.6. The number of carboxylic acid groups (broad SMARTS) is 1. The van der Waals surface area contributed by atoms with Crippen molar-refractivity contribution in [3.63, 3.8) is 0 Å². The van der Waals surface area contributed by atoms with Gasteiger partial charge in [-0.3, -0.25) is 9.78 Å². The van der Waals surface area contributed by atoms with Gasteiger partial charge in [-0.05, 0) is 66.8 Å². The van der Waals surface area contributed by atoms with Crippen LogP contribution in [0.5, 0.6) is 11.6 Å². The van der Waals surface area contributed by atoms with Crippen LogP contribution in [0.25, 0.3) is 22.0 Å². The highest BCUT2D eigenvalue weighted by atomic mass is 32.2. The molecule has 0 aliphatic rings. The van der Waals surface area contributed by atoms with Gasteiger partial charge in [0.25, 0.3) is 0 Å². The maximum Gasteiger partial charge on any atom is 0.310 e. The fraction of sp³-hybridized carbons (Fsp3) is 0.342. The number of hydrogen-bond acceptors (Lipinski definition) is 6. The van der Waals surface area contributed by atoms with Gasteiger partial charge in [0.05, 0.1) is 18.2 Å². The van der Waals surface area contributed by atoms with Crippen LogP contribution in [0.2, 0.25) is 0 Å². The second-order valence-electron chi connectivity index (χ2n) is 12.6. The Kier molecular flexibility index (Phi) is 10.1. The first-order chi connectivity index (χ1) is 22.1. The number of hydrogen-bond donors (Lipinski definition) is 2. The normalized spacial score (nSPS) is 12.7. The number of ether oxygens (including phenoxy) is 2. The number of aliphatic carboxylic acids is 1. The lowest BCUT2D eigenvalue weighted by Gasteiger charge is -2.36. The zero-order valence-corrected chi connectivity index (χ0v) is 28.3. The molecule has 46 heavy (non-hydrogen) atoms. The highest BCUT2D eigenvalue weighted by Gasteiger charge is 2.45. The SMILES string of the molecule is CCC(CC)(C(=O)O)C(Cc1ccc(-c2ccc(OC)nc2)cc1)c1[nH]c2ccc(OCc3ccccn3)cc2c1SC(C)(C)C. The van der Waals surface area contributed by atoms with Gasteiger partial charge in [0.2, 0.25) is 5.88 Å². The summed E-state index contributed by atoms with van der Waals surface area (Å²) < 4.78 is 11.3. The number of nitrogens with zero attached hydrogens (tertiary/aromatic N) is 2. The third-order valence-corrected chi connectivity index (χ3v) is 9.90. The van der Waals surface area contributed by atoms with Gasteiger partial charge in [-0.1, -0.05) is 65.0 Å². The van der Waals surface area contributed by atoms with E-state index >= 15 is 0 Å². The molecule has 0 saturated heterocycles. The van der Waals surface area contributed by atoms with Crippen LogP contribution in [0.1, 0.15) is 70.3 Å². The number of thioether (sulfide) groups is 1. The van der Waals surface area contributed by atoms with Gasteiger partial charge in [-0.15, -0.1) is 11.8 Å². The lowest BCUT2D eigenvalue weighted by Crippen LogP contribution is -2.38. The van der Waals surface area contributed by atoms with E-state index in [0.29, 0.717) is 31.7 Å². The number of aromatic nitrogens is 3. The summed E-state index contributed by atoms with van der Waals surface area (Å²) in [6.07, 6.45) is 5.15. The molecule has 7 nitrogen and oxygen atoms in total. The molecule has 2 N–H and O–H groups in total. The van der Waals surface area contributed by atoms with Crippen LogP contribution in [-0.2, 0) is 17.8 Å². The predicted molar refractivity (Wildman–Crippen MR) is 186 cm³/mol. The minimum atomic E-state index is -0.967. The van der Waals surface area contributed by atoms with E-state index in [1.165, 1.54) is 0 Å². The van der Waals surface area contributed by atoms with Gasteiger partial charge in [-0.2, -0.15) is 0 Å². The molecule has 5 aromatic rings. The fourth-order valence-electron chi connectivity index (χ4n) is 6.07. The zero-order valence-electron chi connectivity index (χ0n) is 27.5. The molecule has 240 valence electrons. The van der Waals surface area contributed by atoms with E-state index in [1.54, 1.807) is 31.3 Å². The summed E-state index contributed by atoms with van der Waals surface area (Å²) in [5.74, 6) is 0.244. The van der Waals surface area contributed by atoms with Gasteiger partial charge in [0.15, 0.2) is 0 Å². The molecule has 0 spiro atoms. The number of nitrogens with one attached hydrogen (secondary N) is 1. The van der Waals surface area contributed by atoms with Crippen molar-refractivity contribution < 1.29 is 19.4 Å². The topological polar surface area (TPSA) is 97.3 Å². The predicted octanol–water partition coefficient (Wildman–Crippen LogP) is 9.32. The van der Waals surface area contributed by atoms with E-state index in [4.69, 9.17) is 9.47 Å². The smallest absolute Gasteiger partial charge is 0.310 e. The number of carboxylic acids is 1. The van der Waals surface area contributed by atoms with E-state index in [0.717, 1.165) is 49.6 Å². The molecule has 2 aromatic carbocycles. The summed E-state index contributed by atoms with van der Waals surface area (Å²) in [6.45, 7) is 10.9. The number of fused-ring (bicyclic) bond motifs is 1. The molecule has 1 unspecified atom stereocenters. The monoisotopic (exact) mass is 637 g/mol. The first kappa shape index (κ1) is 33.1. The maximum absolute atomic E-state index is 13.2. The van der Waals surface area contributed by atoms with E-state index in [2.05, 4.69) is 66.1 Å². The molecule has 5 rings (SSSR count). The number of benzene rings is 2. The number of H-pyrrole nitrogens is 1. The lowest BCUT2D eigenvalue weighted by atomic mass is 9.67. The molecule has 1 atom stereocenters. The Hall–Kier alpha value is -4.30. The second-order valence-corrected chi connectivity index (χ2v) is 14.4. The lowest BCUT2D eigenvalue weighted by molar-refractivity contribution is -0.151. The van der Waals surface area contributed by atoms with Gasteiger partial charge in [-0.25, -0.2) is 4.98 Å². The molecule has 0 radical (unpaired) electrons. The summed E-state index contributed by atoms with van der Waals surface area (Å²) >= 11 is 1.77. The summed E-state index contributed by atoms with van der Waals surface area (Å²) in [4.78, 5) is 26.7. The number of aromatic amines is 1. The summed E-state index contributed by atoms with van der Waals surface area (Å²) in [5, 5.41) is 11.9. The number of rotatable bonds is 13. The van der Waals surface area contributed by atoms with Crippen molar-refractivity contribution in [1.82, 2.24) is 15.0 Å². The molecular formula is C38H43N3O4S. The highest BCUT2D eigenvalue weighted by molar-refractivity contribution is 8.00. The largest absolute Gasteiger partial charge is 0.487 e. The van der Waals surface area contributed by atoms with Crippen molar-refractivity contribution in [1.29, 1.82) is 0 Å². The van der Waals surface area contributed by atoms with Crippen molar-refractivity contribution in [3.8, 4) is 22.8 Å². The molecule has 0 bridgehead atoms. The minimum Gasteiger partial charge on any atom is -0.487 e. The average molecular weight is 638 g/mol. The first-order valence-electron chi connectivity index (χ1n) is 15.8. The fourth-order valence-corrected chi connectivity index (χ4v) is 7.26. The third-order valence-electron chi connectivity index (χ3n) is 8.65. The van der Waals surface area contributed by atoms with Crippen LogP contribution in [0.15, 0.2) is 90.1 Å². The molecule has 3 aromatic heterocycles. The van der Waals surface area contributed by atoms with Crippen LogP contribution >= 0.6 is 11.8 Å². The zero-order chi connectivity index (χ0) is 32.9. The van der Waals surface area contributed by atoms with Gasteiger partial charge >= 0.3 is 5.97 Å². The van der Waals surface area contributed by atoms with Gasteiger partial charge < -0.3 is 19.6 Å². The Morgan fingerprint density at radius 3 is 2.28 bits per heavy atom. The Labute approximate surface area is 275 Å². The maximum atomic E-state index is 13.2. The molecule has 0 aliphatic heterocycles. The van der Waals surface area contributed by atoms with Crippen molar-refractivity contribution in [2.45, 2.75) is 76.0 Å². The van der Waals surface area contributed by atoms with Crippen LogP contribution < -0.4 is 9.47 Å². The van der Waals surface area contributed by atoms with Crippen LogP contribution in [-0.4, -0.2) is 37.9 Å². The second kappa shape index (κ2) is 14.0. The quantitative estimate of drug-likeness (QED) is 0.124. The Bertz CT molecular complexity index is 1760. The van der Waals surface area contributed by atoms with Gasteiger partial charge in [0, 0.05) is 56.2 Å². The van der Waals surface area contributed by atoms with Crippen LogP contribution in [0.4, 0.5) is 0 Å². The van der Waals surface area contributed by atoms with E-state index in [-0.39, 0.29) is 10.7 Å². The average Bonchev–Trinajstić information content (AvgIpc) is 3.40. The van der Waals surface area contributed by atoms with E-state index in [9.17, 15) is 9.90 Å². The van der Waals surface area contributed by atoms with Crippen molar-refractivity contribution in [3.05, 3.63) is 102 Å². The van der Waals surface area contributed by atoms with Crippen LogP contribution in [0, 0.1) is 5.41 Å². The Morgan fingerprint density at radius 2 is 1.70 bits per heavy atom. The van der Waals surface area contributed by atoms with E-state index in [1.807, 2.05) is 56.3 Å². The minimum absolute atomic E-state index is 0.113. The van der Waals surface area contributed by atoms with E-state index < -0.39 is 11.4 Å². The third kappa shape index (κ3) is 7.23. The molecule has 0 fully saturated rings. The molecular weight excluding hydrogens is 595 g/mol. The summed E-state index contributed by atoms with van der Waals surface area (Å²) in [5.41, 5.74) is 4.92. The highest BCUT2D eigenvalue weighted by Crippen LogP contribution is 2.50. The van der Waals surface area contributed by atoms with Crippen molar-refractivity contribution in [2.75, 3.05) is 7.11 Å². The molecule has 3 heterocycles. The summed E-state index contributed by atoms with van der Waals surface area (Å²) in [7, 11) is 1.60. The number of pyridine rings is 2. The Balaban J connectivity index is 1.57. The molecule has 8 heteroatoms. The summed E-state index contributed by atoms with van der Waals surface area (Å²) in [6, 6.07) is 24.1. The Morgan fingerprint density at radius 1 is 0.957 bits per heavy atom. The number of carbonyl (C=O) groups is 1. The van der Waals surface area contributed by atoms with Gasteiger partial charge in [0.1, 0.15) is 12.4 Å².